The molecule has 1 rings (SSSR count). The SMILES string of the molecule is CCOC(=O)SC(=S)NN1CCCCC1. The standard InChI is InChI=1S/C9H16N2O2S2/c1-2-13-9(12)15-8(14)10-11-6-4-3-5-7-11/h2-7H2,1H3,(H,10,14). The average Bonchev–Trinajstić information content (AvgIpc) is 2.19. The van der Waals surface area contributed by atoms with Gasteiger partial charge >= 0.3 is 5.30 Å². The van der Waals surface area contributed by atoms with Crippen LogP contribution < -0.4 is 5.43 Å². The first-order valence-electron chi connectivity index (χ1n) is 5.12. The van der Waals surface area contributed by atoms with E-state index in [2.05, 4.69) is 10.4 Å². The van der Waals surface area contributed by atoms with Crippen molar-refractivity contribution in [2.45, 2.75) is 26.2 Å². The van der Waals surface area contributed by atoms with Gasteiger partial charge in [-0.2, -0.15) is 0 Å². The molecule has 0 aromatic carbocycles. The Morgan fingerprint density at radius 1 is 1.47 bits per heavy atom. The molecule has 86 valence electrons. The molecule has 0 aliphatic carbocycles. The Hall–Kier alpha value is -0.330. The van der Waals surface area contributed by atoms with Crippen molar-refractivity contribution in [1.29, 1.82) is 0 Å². The van der Waals surface area contributed by atoms with E-state index in [-0.39, 0.29) is 5.30 Å². The molecule has 15 heavy (non-hydrogen) atoms. The Morgan fingerprint density at radius 3 is 2.73 bits per heavy atom. The number of hydrazine groups is 1. The molecule has 1 heterocycles. The lowest BCUT2D eigenvalue weighted by molar-refractivity contribution is 0.181. The van der Waals surface area contributed by atoms with Gasteiger partial charge in [-0.1, -0.05) is 18.6 Å². The van der Waals surface area contributed by atoms with Gasteiger partial charge in [0.05, 0.1) is 6.61 Å². The molecule has 0 amide bonds. The lowest BCUT2D eigenvalue weighted by Gasteiger charge is -2.27. The largest absolute Gasteiger partial charge is 0.458 e. The quantitative estimate of drug-likeness (QED) is 0.596. The summed E-state index contributed by atoms with van der Waals surface area (Å²) in [5, 5.41) is 1.71. The molecule has 0 aromatic rings. The fourth-order valence-electron chi connectivity index (χ4n) is 1.38. The molecule has 0 atom stereocenters. The molecule has 1 aliphatic heterocycles. The topological polar surface area (TPSA) is 41.6 Å². The van der Waals surface area contributed by atoms with E-state index in [1.165, 1.54) is 19.3 Å². The summed E-state index contributed by atoms with van der Waals surface area (Å²) in [6.45, 7) is 4.14. The Morgan fingerprint density at radius 2 is 2.13 bits per heavy atom. The molecule has 0 aromatic heterocycles. The molecule has 0 bridgehead atoms. The van der Waals surface area contributed by atoms with Crippen molar-refractivity contribution >= 4 is 33.6 Å². The number of nitrogens with zero attached hydrogens (tertiary/aromatic N) is 1. The highest BCUT2D eigenvalue weighted by atomic mass is 32.2. The van der Waals surface area contributed by atoms with Crippen LogP contribution in [0.2, 0.25) is 0 Å². The Kier molecular flexibility index (Phi) is 5.97. The van der Waals surface area contributed by atoms with Crippen molar-refractivity contribution in [3.8, 4) is 0 Å². The summed E-state index contributed by atoms with van der Waals surface area (Å²) in [5.41, 5.74) is 3.04. The van der Waals surface area contributed by atoms with Gasteiger partial charge in [-0.15, -0.1) is 0 Å². The Bertz CT molecular complexity index is 230. The summed E-state index contributed by atoms with van der Waals surface area (Å²) in [6, 6.07) is 0. The van der Waals surface area contributed by atoms with Gasteiger partial charge in [0.1, 0.15) is 0 Å². The number of thioether (sulfide) groups is 1. The number of carbonyl (C=O) groups is 1. The van der Waals surface area contributed by atoms with E-state index < -0.39 is 0 Å². The third kappa shape index (κ3) is 5.34. The zero-order chi connectivity index (χ0) is 11.1. The van der Waals surface area contributed by atoms with Crippen LogP contribution >= 0.6 is 24.0 Å². The summed E-state index contributed by atoms with van der Waals surface area (Å²) in [5.74, 6) is 0. The summed E-state index contributed by atoms with van der Waals surface area (Å²) < 4.78 is 5.25. The van der Waals surface area contributed by atoms with E-state index in [1.807, 2.05) is 0 Å². The molecule has 4 nitrogen and oxygen atoms in total. The van der Waals surface area contributed by atoms with Gasteiger partial charge in [0.2, 0.25) is 0 Å². The highest BCUT2D eigenvalue weighted by Crippen LogP contribution is 2.10. The minimum absolute atomic E-state index is 0.341. The van der Waals surface area contributed by atoms with Gasteiger partial charge in [-0.25, -0.2) is 9.80 Å². The maximum Gasteiger partial charge on any atom is 0.374 e. The van der Waals surface area contributed by atoms with Gasteiger partial charge < -0.3 is 10.2 Å². The van der Waals surface area contributed by atoms with Crippen LogP contribution in [0.5, 0.6) is 0 Å². The molecule has 6 heteroatoms. The van der Waals surface area contributed by atoms with Crippen molar-refractivity contribution in [2.75, 3.05) is 19.7 Å². The second kappa shape index (κ2) is 7.03. The maximum atomic E-state index is 11.1. The molecule has 0 saturated carbocycles. The third-order valence-corrected chi connectivity index (χ3v) is 2.95. The van der Waals surface area contributed by atoms with Crippen LogP contribution in [0.3, 0.4) is 0 Å². The number of hydrogen-bond acceptors (Lipinski definition) is 5. The number of rotatable bonds is 2. The Labute approximate surface area is 99.7 Å². The van der Waals surface area contributed by atoms with Crippen molar-refractivity contribution < 1.29 is 9.53 Å². The van der Waals surface area contributed by atoms with Crippen molar-refractivity contribution in [2.24, 2.45) is 0 Å². The van der Waals surface area contributed by atoms with Gasteiger partial charge in [-0.3, -0.25) is 0 Å². The van der Waals surface area contributed by atoms with Crippen molar-refractivity contribution in [3.63, 3.8) is 0 Å². The molecule has 1 aliphatic rings. The first-order valence-corrected chi connectivity index (χ1v) is 6.35. The number of nitrogens with one attached hydrogen (secondary N) is 1. The van der Waals surface area contributed by atoms with Crippen LogP contribution in [0.25, 0.3) is 0 Å². The monoisotopic (exact) mass is 248 g/mol. The predicted octanol–water partition coefficient (Wildman–Crippen LogP) is 2.15. The normalized spacial score (nSPS) is 17.1. The van der Waals surface area contributed by atoms with E-state index in [9.17, 15) is 4.79 Å². The van der Waals surface area contributed by atoms with Crippen LogP contribution in [0.4, 0.5) is 4.79 Å². The molecule has 1 N–H and O–H groups in total. The first-order chi connectivity index (χ1) is 7.22. The average molecular weight is 248 g/mol. The summed E-state index contributed by atoms with van der Waals surface area (Å²) in [4.78, 5) is 11.1. The number of thiocarbonyl (C=S) groups is 1. The lowest BCUT2D eigenvalue weighted by Crippen LogP contribution is -2.43. The van der Waals surface area contributed by atoms with Gasteiger partial charge in [0.25, 0.3) is 0 Å². The van der Waals surface area contributed by atoms with Crippen LogP contribution in [0.1, 0.15) is 26.2 Å². The van der Waals surface area contributed by atoms with Crippen LogP contribution in [0, 0.1) is 0 Å². The number of hydrogen-bond donors (Lipinski definition) is 1. The van der Waals surface area contributed by atoms with Gasteiger partial charge in [0, 0.05) is 24.9 Å². The second-order valence-corrected chi connectivity index (χ2v) is 4.84. The Balaban J connectivity index is 2.19. The number of carbonyl (C=O) groups excluding carboxylic acids is 1. The van der Waals surface area contributed by atoms with Crippen molar-refractivity contribution in [3.05, 3.63) is 0 Å². The van der Waals surface area contributed by atoms with E-state index >= 15 is 0 Å². The summed E-state index contributed by atoms with van der Waals surface area (Å²) >= 11 is 5.97. The maximum absolute atomic E-state index is 11.1. The minimum atomic E-state index is -0.341. The summed E-state index contributed by atoms with van der Waals surface area (Å²) in [7, 11) is 0. The predicted molar refractivity (Wildman–Crippen MR) is 65.8 cm³/mol. The number of piperidine rings is 1. The minimum Gasteiger partial charge on any atom is -0.458 e. The summed E-state index contributed by atoms with van der Waals surface area (Å²) in [6.07, 6.45) is 3.63. The highest BCUT2D eigenvalue weighted by Gasteiger charge is 2.13. The number of ether oxygens (including phenoxy) is 1. The van der Waals surface area contributed by atoms with Crippen molar-refractivity contribution in [1.82, 2.24) is 10.4 Å². The van der Waals surface area contributed by atoms with E-state index in [4.69, 9.17) is 17.0 Å². The van der Waals surface area contributed by atoms with Crippen LogP contribution in [-0.4, -0.2) is 34.3 Å². The van der Waals surface area contributed by atoms with E-state index in [0.717, 1.165) is 24.9 Å². The zero-order valence-corrected chi connectivity index (χ0v) is 10.5. The molecule has 1 saturated heterocycles. The fourth-order valence-corrected chi connectivity index (χ4v) is 2.22. The molecule has 0 unspecified atom stereocenters. The second-order valence-electron chi connectivity index (χ2n) is 3.23. The van der Waals surface area contributed by atoms with Gasteiger partial charge in [-0.05, 0) is 19.8 Å². The van der Waals surface area contributed by atoms with Gasteiger partial charge in [0.15, 0.2) is 4.32 Å². The van der Waals surface area contributed by atoms with E-state index in [0.29, 0.717) is 10.9 Å². The molecule has 1 fully saturated rings. The molecular weight excluding hydrogens is 232 g/mol. The highest BCUT2D eigenvalue weighted by molar-refractivity contribution is 8.32. The lowest BCUT2D eigenvalue weighted by atomic mass is 10.2. The zero-order valence-electron chi connectivity index (χ0n) is 8.82. The fraction of sp³-hybridized carbons (Fsp3) is 0.778. The van der Waals surface area contributed by atoms with Crippen LogP contribution in [0.15, 0.2) is 0 Å². The molecular formula is C9H16N2O2S2. The molecule has 0 radical (unpaired) electrons. The van der Waals surface area contributed by atoms with E-state index in [1.54, 1.807) is 6.92 Å². The third-order valence-electron chi connectivity index (χ3n) is 2.04. The smallest absolute Gasteiger partial charge is 0.374 e. The molecule has 0 spiro atoms. The van der Waals surface area contributed by atoms with Crippen LogP contribution in [-0.2, 0) is 4.74 Å². The first kappa shape index (κ1) is 12.7.